The predicted octanol–water partition coefficient (Wildman–Crippen LogP) is 15.3. The molecule has 0 atom stereocenters. The highest BCUT2D eigenvalue weighted by Crippen LogP contribution is 2.47. The molecule has 1 nitrogen and oxygen atoms in total. The molecule has 9 aromatic carbocycles. The maximum absolute atomic E-state index is 2.44. The lowest BCUT2D eigenvalue weighted by Gasteiger charge is -2.29. The van der Waals surface area contributed by atoms with Gasteiger partial charge in [0.25, 0.3) is 0 Å². The number of thiophene rings is 1. The summed E-state index contributed by atoms with van der Waals surface area (Å²) in [6.45, 7) is 0. The fraction of sp³-hybridized carbons (Fsp3) is 0. The number of nitrogens with zero attached hydrogens (tertiary/aromatic N) is 1. The van der Waals surface area contributed by atoms with Crippen LogP contribution in [0.3, 0.4) is 0 Å². The molecule has 0 saturated heterocycles. The molecule has 10 rings (SSSR count). The molecular formula is C52H35NS. The number of hydrogen-bond donors (Lipinski definition) is 0. The Balaban J connectivity index is 1.14. The van der Waals surface area contributed by atoms with Crippen molar-refractivity contribution in [2.75, 3.05) is 4.90 Å². The zero-order valence-corrected chi connectivity index (χ0v) is 30.4. The van der Waals surface area contributed by atoms with Crippen LogP contribution in [0.4, 0.5) is 17.1 Å². The molecule has 1 heterocycles. The molecular weight excluding hydrogens is 671 g/mol. The molecule has 0 unspecified atom stereocenters. The maximum Gasteiger partial charge on any atom is 0.0540 e. The van der Waals surface area contributed by atoms with Crippen molar-refractivity contribution in [1.29, 1.82) is 0 Å². The zero-order chi connectivity index (χ0) is 35.8. The normalized spacial score (nSPS) is 11.3. The van der Waals surface area contributed by atoms with Gasteiger partial charge in [-0.25, -0.2) is 0 Å². The fourth-order valence-corrected chi connectivity index (χ4v) is 9.04. The highest BCUT2D eigenvalue weighted by Gasteiger charge is 2.21. The van der Waals surface area contributed by atoms with Gasteiger partial charge in [-0.2, -0.15) is 0 Å². The number of hydrogen-bond acceptors (Lipinski definition) is 2. The van der Waals surface area contributed by atoms with Crippen molar-refractivity contribution < 1.29 is 0 Å². The van der Waals surface area contributed by atoms with E-state index in [1.807, 2.05) is 11.3 Å². The summed E-state index contributed by atoms with van der Waals surface area (Å²) < 4.78 is 2.65. The van der Waals surface area contributed by atoms with E-state index in [0.29, 0.717) is 0 Å². The first-order valence-electron chi connectivity index (χ1n) is 18.4. The van der Waals surface area contributed by atoms with E-state index in [9.17, 15) is 0 Å². The molecule has 0 radical (unpaired) electrons. The molecule has 1 aromatic heterocycles. The van der Waals surface area contributed by atoms with Crippen LogP contribution < -0.4 is 4.90 Å². The Morgan fingerprint density at radius 3 is 1.63 bits per heavy atom. The van der Waals surface area contributed by atoms with Gasteiger partial charge in [-0.3, -0.25) is 0 Å². The van der Waals surface area contributed by atoms with Crippen molar-refractivity contribution in [3.8, 4) is 44.5 Å². The van der Waals surface area contributed by atoms with E-state index in [0.717, 1.165) is 17.1 Å². The monoisotopic (exact) mass is 705 g/mol. The lowest BCUT2D eigenvalue weighted by atomic mass is 9.88. The second kappa shape index (κ2) is 13.7. The Kier molecular flexibility index (Phi) is 8.09. The van der Waals surface area contributed by atoms with Crippen LogP contribution in [0.2, 0.25) is 0 Å². The van der Waals surface area contributed by atoms with Crippen LogP contribution in [-0.2, 0) is 0 Å². The van der Waals surface area contributed by atoms with Crippen LogP contribution in [0.25, 0.3) is 75.5 Å². The second-order valence-electron chi connectivity index (χ2n) is 13.7. The van der Waals surface area contributed by atoms with Gasteiger partial charge in [0.2, 0.25) is 0 Å². The second-order valence-corrected chi connectivity index (χ2v) is 14.7. The summed E-state index contributed by atoms with van der Waals surface area (Å²) in [6.07, 6.45) is 0. The van der Waals surface area contributed by atoms with Crippen molar-refractivity contribution in [2.24, 2.45) is 0 Å². The van der Waals surface area contributed by atoms with Crippen molar-refractivity contribution >= 4 is 59.3 Å². The van der Waals surface area contributed by atoms with Gasteiger partial charge in [-0.15, -0.1) is 11.3 Å². The highest BCUT2D eigenvalue weighted by atomic mass is 32.1. The van der Waals surface area contributed by atoms with E-state index < -0.39 is 0 Å². The van der Waals surface area contributed by atoms with Gasteiger partial charge >= 0.3 is 0 Å². The molecule has 54 heavy (non-hydrogen) atoms. The van der Waals surface area contributed by atoms with Crippen molar-refractivity contribution in [1.82, 2.24) is 0 Å². The largest absolute Gasteiger partial charge is 0.309 e. The molecule has 2 heteroatoms. The minimum atomic E-state index is 1.10. The van der Waals surface area contributed by atoms with Crippen molar-refractivity contribution in [2.45, 2.75) is 0 Å². The van der Waals surface area contributed by atoms with Crippen molar-refractivity contribution in [3.05, 3.63) is 212 Å². The zero-order valence-electron chi connectivity index (χ0n) is 29.6. The first-order valence-corrected chi connectivity index (χ1v) is 19.2. The van der Waals surface area contributed by atoms with E-state index in [1.165, 1.54) is 75.5 Å². The van der Waals surface area contributed by atoms with Gasteiger partial charge in [0.15, 0.2) is 0 Å². The molecule has 0 aliphatic heterocycles. The lowest BCUT2D eigenvalue weighted by Crippen LogP contribution is -2.12. The van der Waals surface area contributed by atoms with Gasteiger partial charge in [-0.05, 0) is 86.8 Å². The predicted molar refractivity (Wildman–Crippen MR) is 233 cm³/mol. The average molecular weight is 706 g/mol. The molecule has 0 fully saturated rings. The quantitative estimate of drug-likeness (QED) is 0.160. The Bertz CT molecular complexity index is 2930. The van der Waals surface area contributed by atoms with E-state index in [1.54, 1.807) is 0 Å². The first-order chi connectivity index (χ1) is 26.8. The average Bonchev–Trinajstić information content (AvgIpc) is 3.63. The summed E-state index contributed by atoms with van der Waals surface area (Å²) in [5.74, 6) is 0. The van der Waals surface area contributed by atoms with Crippen LogP contribution in [-0.4, -0.2) is 0 Å². The number of fused-ring (bicyclic) bond motifs is 4. The van der Waals surface area contributed by atoms with Crippen LogP contribution in [0.5, 0.6) is 0 Å². The molecule has 10 aromatic rings. The Morgan fingerprint density at radius 2 is 0.833 bits per heavy atom. The summed E-state index contributed by atoms with van der Waals surface area (Å²) in [5, 5.41) is 5.05. The molecule has 0 N–H and O–H groups in total. The van der Waals surface area contributed by atoms with Gasteiger partial charge in [-0.1, -0.05) is 170 Å². The Labute approximate surface area is 319 Å². The van der Waals surface area contributed by atoms with Crippen molar-refractivity contribution in [3.63, 3.8) is 0 Å². The van der Waals surface area contributed by atoms with Gasteiger partial charge < -0.3 is 4.90 Å². The SMILES string of the molecule is c1ccc(-c2ccccc2-c2ccccc2-c2ccccc2N(c2ccc(-c3ccc4sc5ccccc5c4c3)cc2)c2cccc3ccccc23)cc1. The van der Waals surface area contributed by atoms with Crippen LogP contribution in [0.15, 0.2) is 212 Å². The maximum atomic E-state index is 2.44. The number of rotatable bonds is 7. The van der Waals surface area contributed by atoms with E-state index in [-0.39, 0.29) is 0 Å². The summed E-state index contributed by atoms with van der Waals surface area (Å²) >= 11 is 1.86. The standard InChI is InChI=1S/C52H35NS/c1-2-15-37(16-3-1)41-19-6-7-21-43(41)44-22-8-9-23-45(44)46-24-10-12-26-50(46)53(49-27-14-18-38-17-4-5-20-42(38)49)40-32-29-36(30-33-40)39-31-34-52-48(35-39)47-25-11-13-28-51(47)54-52/h1-35H. The summed E-state index contributed by atoms with van der Waals surface area (Å²) in [5.41, 5.74) is 13.0. The van der Waals surface area contributed by atoms with Gasteiger partial charge in [0.05, 0.1) is 11.4 Å². The summed E-state index contributed by atoms with van der Waals surface area (Å²) in [7, 11) is 0. The molecule has 0 amide bonds. The molecule has 0 spiro atoms. The summed E-state index contributed by atoms with van der Waals surface area (Å²) in [6, 6.07) is 77.2. The van der Waals surface area contributed by atoms with E-state index in [2.05, 4.69) is 217 Å². The van der Waals surface area contributed by atoms with Crippen LogP contribution in [0, 0.1) is 0 Å². The fourth-order valence-electron chi connectivity index (χ4n) is 7.96. The third-order valence-electron chi connectivity index (χ3n) is 10.5. The number of benzene rings is 9. The molecule has 0 bridgehead atoms. The minimum absolute atomic E-state index is 1.10. The van der Waals surface area contributed by atoms with E-state index in [4.69, 9.17) is 0 Å². The third-order valence-corrected chi connectivity index (χ3v) is 11.7. The lowest BCUT2D eigenvalue weighted by molar-refractivity contribution is 1.30. The first kappa shape index (κ1) is 32.0. The van der Waals surface area contributed by atoms with E-state index >= 15 is 0 Å². The Morgan fingerprint density at radius 1 is 0.296 bits per heavy atom. The number of anilines is 3. The van der Waals surface area contributed by atoms with Gasteiger partial charge in [0, 0.05) is 36.8 Å². The summed E-state index contributed by atoms with van der Waals surface area (Å²) in [4.78, 5) is 2.44. The Hall–Kier alpha value is -6.74. The van der Waals surface area contributed by atoms with Crippen LogP contribution >= 0.6 is 11.3 Å². The number of para-hydroxylation sites is 1. The molecule has 254 valence electrons. The topological polar surface area (TPSA) is 3.24 Å². The molecule has 0 aliphatic rings. The van der Waals surface area contributed by atoms with Crippen LogP contribution in [0.1, 0.15) is 0 Å². The third kappa shape index (κ3) is 5.65. The molecule has 0 saturated carbocycles. The van der Waals surface area contributed by atoms with Gasteiger partial charge in [0.1, 0.15) is 0 Å². The highest BCUT2D eigenvalue weighted by molar-refractivity contribution is 7.25. The molecule has 0 aliphatic carbocycles. The smallest absolute Gasteiger partial charge is 0.0540 e. The minimum Gasteiger partial charge on any atom is -0.309 e.